The molecular formula is C84H92F18N4O. The number of pyridine rings is 2. The first kappa shape index (κ1) is 95.4. The third-order valence-electron chi connectivity index (χ3n) is 15.2. The zero-order valence-electron chi connectivity index (χ0n) is 62.9. The van der Waals surface area contributed by atoms with E-state index in [0.717, 1.165) is 53.1 Å². The molecule has 0 fully saturated rings. The normalized spacial score (nSPS) is 11.0. The number of ether oxygens (including phenoxy) is 1. The lowest BCUT2D eigenvalue weighted by Gasteiger charge is -2.10. The van der Waals surface area contributed by atoms with Crippen molar-refractivity contribution < 1.29 is 83.8 Å². The minimum Gasteiger partial charge on any atom is -0.406 e. The lowest BCUT2D eigenvalue weighted by Crippen LogP contribution is -2.17. The van der Waals surface area contributed by atoms with E-state index in [9.17, 15) is 79.0 Å². The van der Waals surface area contributed by atoms with Gasteiger partial charge in [0.15, 0.2) is 17.5 Å². The van der Waals surface area contributed by atoms with Gasteiger partial charge in [-0.15, -0.1) is 13.2 Å². The third kappa shape index (κ3) is 37.0. The molecule has 0 spiro atoms. The number of nitrogens with zero attached hydrogens (tertiary/aromatic N) is 4. The summed E-state index contributed by atoms with van der Waals surface area (Å²) in [6.45, 7) is 35.2. The lowest BCUT2D eigenvalue weighted by atomic mass is 10.0. The number of hydrogen-bond acceptors (Lipinski definition) is 5. The maximum absolute atomic E-state index is 13.0. The number of halogens is 18. The molecule has 0 bridgehead atoms. The fourth-order valence-corrected chi connectivity index (χ4v) is 8.53. The summed E-state index contributed by atoms with van der Waals surface area (Å²) < 4.78 is 226. The Hall–Kier alpha value is -9.64. The monoisotopic (exact) mass is 1510 g/mol. The number of nitriles is 2. The van der Waals surface area contributed by atoms with Crippen LogP contribution < -0.4 is 4.74 Å². The molecule has 0 atom stereocenters. The molecule has 0 saturated heterocycles. The van der Waals surface area contributed by atoms with Gasteiger partial charge < -0.3 is 4.74 Å². The van der Waals surface area contributed by atoms with Gasteiger partial charge in [0.1, 0.15) is 40.7 Å². The number of hydrogen-bond donors (Lipinski definition) is 0. The van der Waals surface area contributed by atoms with Crippen LogP contribution in [-0.2, 0) is 12.4 Å². The molecule has 7 aromatic carbocycles. The quantitative estimate of drug-likeness (QED) is 0.0774. The summed E-state index contributed by atoms with van der Waals surface area (Å²) in [5.41, 5.74) is 6.38. The second-order valence-corrected chi connectivity index (χ2v) is 26.7. The molecule has 9 aromatic rings. The van der Waals surface area contributed by atoms with E-state index in [1.54, 1.807) is 39.8 Å². The zero-order chi connectivity index (χ0) is 82.0. The molecule has 23 heteroatoms. The van der Waals surface area contributed by atoms with Crippen LogP contribution in [-0.4, -0.2) is 16.3 Å². The number of rotatable bonds is 10. The fraction of sp³-hybridized carbons (Fsp3) is 0.357. The SMILES string of the molecule is CC(C)c1cc(F)c(C#N)c(F)c1.CC(C)c1cc(F)c(F)c(F)c1.CC(C)c1cc(F)nc(F)c1.CC(C)c1ccc(C#N)cc1.CC(C)c1ccc(C(F)(F)F)c(F)c1.CC(C)c1ccc(C(F)(F)F)cc1.CC(C)c1ccc(F)cc1.CC(C)c1ccc(OC(F)(F)F)cc1.CC(C)c1ccncc1. The molecule has 107 heavy (non-hydrogen) atoms. The maximum Gasteiger partial charge on any atom is 0.573 e. The number of benzene rings is 7. The summed E-state index contributed by atoms with van der Waals surface area (Å²) in [5, 5.41) is 16.9. The molecule has 0 saturated carbocycles. The average Bonchev–Trinajstić information content (AvgIpc) is 0.833. The standard InChI is InChI=1S/C10H10F4.C10H11F3O.C10H11F3.C10H9F2N.C10H11N.C9H9F3.C9H11F.C8H9F2N.C8H11N/c1-6(2)7-3-4-8(9(11)5-7)10(12,13)14;1-7(2)8-3-5-9(6-4-8)14-10(11,12)13;1-7(2)8-3-5-9(6-4-8)10(11,12)13;1-6(2)7-3-9(11)8(5-13)10(12)4-7;1-8(2)10-5-3-9(7-11)4-6-10;1-5(2)6-3-7(10)9(12)8(11)4-6;1-7(2)8-3-5-9(10)6-4-8;1-5(2)6-3-7(9)11-8(10)4-6;1-7(2)8-3-5-9-6-4-8/h3-6H,1-2H3;3-7H,1-2H3;3-7H,1-2H3;3-4,6H,1-2H3;3-6,8H,1-2H3;3-5H,1-2H3;3-7H,1-2H3;3-5H,1-2H3;3-7H,1-2H3. The van der Waals surface area contributed by atoms with Crippen molar-refractivity contribution in [1.82, 2.24) is 9.97 Å². The van der Waals surface area contributed by atoms with Crippen molar-refractivity contribution >= 4 is 0 Å². The predicted octanol–water partition coefficient (Wildman–Crippen LogP) is 28.0. The molecule has 0 aliphatic carbocycles. The second-order valence-electron chi connectivity index (χ2n) is 26.7. The van der Waals surface area contributed by atoms with Gasteiger partial charge in [-0.25, -0.2) is 30.7 Å². The largest absolute Gasteiger partial charge is 0.573 e. The lowest BCUT2D eigenvalue weighted by molar-refractivity contribution is -0.274. The van der Waals surface area contributed by atoms with Gasteiger partial charge in [0.2, 0.25) is 11.9 Å². The Morgan fingerprint density at radius 3 is 0.935 bits per heavy atom. The molecular weight excluding hydrogens is 1420 g/mol. The Labute approximate surface area is 617 Å². The average molecular weight is 1520 g/mol. The van der Waals surface area contributed by atoms with Crippen LogP contribution in [0, 0.1) is 75.3 Å². The van der Waals surface area contributed by atoms with Crippen molar-refractivity contribution in [2.24, 2.45) is 0 Å². The van der Waals surface area contributed by atoms with Gasteiger partial charge in [0.05, 0.1) is 22.8 Å². The number of alkyl halides is 9. The van der Waals surface area contributed by atoms with Crippen LogP contribution in [0.3, 0.4) is 0 Å². The molecule has 0 amide bonds. The van der Waals surface area contributed by atoms with E-state index in [0.29, 0.717) is 45.9 Å². The van der Waals surface area contributed by atoms with Gasteiger partial charge in [0.25, 0.3) is 0 Å². The topological polar surface area (TPSA) is 82.6 Å². The zero-order valence-corrected chi connectivity index (χ0v) is 62.9. The van der Waals surface area contributed by atoms with Crippen LogP contribution in [0.25, 0.3) is 0 Å². The highest BCUT2D eigenvalue weighted by Crippen LogP contribution is 2.34. The Morgan fingerprint density at radius 1 is 0.318 bits per heavy atom. The van der Waals surface area contributed by atoms with Crippen molar-refractivity contribution in [2.75, 3.05) is 0 Å². The van der Waals surface area contributed by atoms with Gasteiger partial charge in [0, 0.05) is 12.4 Å². The van der Waals surface area contributed by atoms with Crippen LogP contribution in [0.15, 0.2) is 176 Å². The summed E-state index contributed by atoms with van der Waals surface area (Å²) in [6, 6.07) is 43.1. The molecule has 0 N–H and O–H groups in total. The van der Waals surface area contributed by atoms with Crippen molar-refractivity contribution in [2.45, 2.75) is 197 Å². The minimum atomic E-state index is -4.61. The number of aromatic nitrogens is 2. The first-order valence-corrected chi connectivity index (χ1v) is 33.9. The van der Waals surface area contributed by atoms with E-state index >= 15 is 0 Å². The van der Waals surface area contributed by atoms with Crippen LogP contribution in [0.2, 0.25) is 0 Å². The first-order valence-electron chi connectivity index (χ1n) is 33.9. The summed E-state index contributed by atoms with van der Waals surface area (Å²) in [7, 11) is 0. The van der Waals surface area contributed by atoms with E-state index in [1.165, 1.54) is 89.5 Å². The molecule has 0 radical (unpaired) electrons. The van der Waals surface area contributed by atoms with Gasteiger partial charge in [-0.2, -0.15) is 50.6 Å². The Kier molecular flexibility index (Phi) is 40.8. The molecule has 0 aliphatic rings. The van der Waals surface area contributed by atoms with Crippen LogP contribution in [0.4, 0.5) is 79.0 Å². The summed E-state index contributed by atoms with van der Waals surface area (Å²) >= 11 is 0. The van der Waals surface area contributed by atoms with E-state index in [1.807, 2.05) is 116 Å². The highest BCUT2D eigenvalue weighted by atomic mass is 19.4. The summed E-state index contributed by atoms with van der Waals surface area (Å²) in [5.74, 6) is -5.87. The Morgan fingerprint density at radius 2 is 0.626 bits per heavy atom. The summed E-state index contributed by atoms with van der Waals surface area (Å²) in [6.07, 6.45) is -9.79. The minimum absolute atomic E-state index is 0.00500. The van der Waals surface area contributed by atoms with Crippen molar-refractivity contribution in [3.63, 3.8) is 0 Å². The van der Waals surface area contributed by atoms with Gasteiger partial charge in [-0.3, -0.25) is 4.98 Å². The van der Waals surface area contributed by atoms with Gasteiger partial charge in [-0.05, 0) is 213 Å². The van der Waals surface area contributed by atoms with E-state index in [2.05, 4.69) is 62.3 Å². The molecule has 5 nitrogen and oxygen atoms in total. The Balaban J connectivity index is 0.000000604. The molecule has 0 aliphatic heterocycles. The maximum atomic E-state index is 13.0. The third-order valence-corrected chi connectivity index (χ3v) is 15.2. The predicted molar refractivity (Wildman–Crippen MR) is 386 cm³/mol. The Bertz CT molecular complexity index is 4070. The second kappa shape index (κ2) is 45.8. The van der Waals surface area contributed by atoms with Crippen molar-refractivity contribution in [3.8, 4) is 17.9 Å². The highest BCUT2D eigenvalue weighted by Gasteiger charge is 2.34. The van der Waals surface area contributed by atoms with E-state index in [-0.39, 0.29) is 41.2 Å². The van der Waals surface area contributed by atoms with Crippen LogP contribution >= 0.6 is 0 Å². The highest BCUT2D eigenvalue weighted by molar-refractivity contribution is 5.37. The van der Waals surface area contributed by atoms with Gasteiger partial charge >= 0.3 is 18.7 Å². The van der Waals surface area contributed by atoms with E-state index < -0.39 is 82.2 Å². The van der Waals surface area contributed by atoms with Crippen molar-refractivity contribution in [1.29, 1.82) is 10.5 Å². The van der Waals surface area contributed by atoms with E-state index in [4.69, 9.17) is 10.5 Å². The van der Waals surface area contributed by atoms with Gasteiger partial charge in [-0.1, -0.05) is 179 Å². The van der Waals surface area contributed by atoms with Crippen LogP contribution in [0.5, 0.6) is 5.75 Å². The molecule has 580 valence electrons. The molecule has 2 heterocycles. The summed E-state index contributed by atoms with van der Waals surface area (Å²) in [4.78, 5) is 6.91. The van der Waals surface area contributed by atoms with Crippen molar-refractivity contribution in [3.05, 3.63) is 301 Å². The fourth-order valence-electron chi connectivity index (χ4n) is 8.53. The molecule has 2 aromatic heterocycles. The molecule has 0 unspecified atom stereocenters. The smallest absolute Gasteiger partial charge is 0.406 e. The van der Waals surface area contributed by atoms with Crippen LogP contribution in [0.1, 0.15) is 250 Å². The molecule has 9 rings (SSSR count). The first-order chi connectivity index (χ1) is 49.5.